The molecule has 1 aromatic carbocycles. The van der Waals surface area contributed by atoms with E-state index in [9.17, 15) is 9.90 Å². The molecule has 1 saturated heterocycles. The molecular weight excluding hydrogens is 232 g/mol. The van der Waals surface area contributed by atoms with Crippen molar-refractivity contribution in [2.24, 2.45) is 5.92 Å². The predicted molar refractivity (Wildman–Crippen MR) is 67.8 cm³/mol. The average molecular weight is 248 g/mol. The van der Waals surface area contributed by atoms with E-state index in [1.807, 2.05) is 0 Å². The summed E-state index contributed by atoms with van der Waals surface area (Å²) in [5.74, 6) is 0.591. The molecule has 2 aromatic rings. The molecule has 2 heterocycles. The number of imidazole rings is 1. The minimum absolute atomic E-state index is 0.151. The molecule has 1 aromatic heterocycles. The van der Waals surface area contributed by atoms with Crippen molar-refractivity contribution >= 4 is 11.0 Å². The van der Waals surface area contributed by atoms with Gasteiger partial charge in [0.1, 0.15) is 11.3 Å². The molecule has 0 radical (unpaired) electrons. The number of hydrogen-bond donors (Lipinski definition) is 2. The van der Waals surface area contributed by atoms with Gasteiger partial charge in [-0.25, -0.2) is 4.79 Å². The molecule has 18 heavy (non-hydrogen) atoms. The number of para-hydroxylation sites is 1. The number of hydrogen-bond acceptors (Lipinski definition) is 3. The molecule has 5 nitrogen and oxygen atoms in total. The van der Waals surface area contributed by atoms with E-state index in [2.05, 4.69) is 4.98 Å². The normalized spacial score (nSPS) is 17.3. The van der Waals surface area contributed by atoms with Crippen LogP contribution >= 0.6 is 0 Å². The van der Waals surface area contributed by atoms with E-state index in [4.69, 9.17) is 4.74 Å². The zero-order valence-electron chi connectivity index (χ0n) is 10.1. The molecule has 0 spiro atoms. The lowest BCUT2D eigenvalue weighted by atomic mass is 10.0. The van der Waals surface area contributed by atoms with Crippen LogP contribution in [0.4, 0.5) is 0 Å². The smallest absolute Gasteiger partial charge is 0.326 e. The number of aromatic hydroxyl groups is 1. The molecule has 1 aliphatic rings. The van der Waals surface area contributed by atoms with Crippen molar-refractivity contribution in [3.8, 4) is 5.75 Å². The Balaban J connectivity index is 2.00. The topological polar surface area (TPSA) is 67.2 Å². The first-order valence-corrected chi connectivity index (χ1v) is 6.24. The second kappa shape index (κ2) is 4.49. The lowest BCUT2D eigenvalue weighted by Gasteiger charge is -2.22. The molecule has 3 rings (SSSR count). The van der Waals surface area contributed by atoms with Crippen LogP contribution in [0.5, 0.6) is 5.75 Å². The number of fused-ring (bicyclic) bond motifs is 1. The van der Waals surface area contributed by atoms with Crippen molar-refractivity contribution in [2.45, 2.75) is 19.4 Å². The third-order valence-electron chi connectivity index (χ3n) is 3.55. The minimum Gasteiger partial charge on any atom is -0.506 e. The van der Waals surface area contributed by atoms with Gasteiger partial charge in [-0.05, 0) is 30.9 Å². The molecule has 0 saturated carbocycles. The summed E-state index contributed by atoms with van der Waals surface area (Å²) in [6.45, 7) is 2.15. The number of aromatic nitrogens is 2. The molecule has 5 heteroatoms. The third-order valence-corrected chi connectivity index (χ3v) is 3.55. The zero-order valence-corrected chi connectivity index (χ0v) is 10.1. The Kier molecular flexibility index (Phi) is 2.83. The monoisotopic (exact) mass is 248 g/mol. The second-order valence-electron chi connectivity index (χ2n) is 4.77. The zero-order chi connectivity index (χ0) is 12.5. The van der Waals surface area contributed by atoms with Gasteiger partial charge in [0, 0.05) is 19.8 Å². The summed E-state index contributed by atoms with van der Waals surface area (Å²) >= 11 is 0. The van der Waals surface area contributed by atoms with E-state index in [0.717, 1.165) is 26.1 Å². The van der Waals surface area contributed by atoms with Gasteiger partial charge in [0.2, 0.25) is 0 Å². The highest BCUT2D eigenvalue weighted by Gasteiger charge is 2.18. The number of aromatic amines is 1. The maximum atomic E-state index is 11.9. The fourth-order valence-corrected chi connectivity index (χ4v) is 2.56. The number of nitrogens with one attached hydrogen (secondary N) is 1. The Bertz CT molecular complexity index is 608. The fourth-order valence-electron chi connectivity index (χ4n) is 2.56. The van der Waals surface area contributed by atoms with Gasteiger partial charge < -0.3 is 14.8 Å². The Hall–Kier alpha value is -1.75. The van der Waals surface area contributed by atoms with Crippen molar-refractivity contribution < 1.29 is 9.84 Å². The van der Waals surface area contributed by atoms with Crippen molar-refractivity contribution in [2.75, 3.05) is 13.2 Å². The molecule has 1 aliphatic heterocycles. The maximum absolute atomic E-state index is 11.9. The Morgan fingerprint density at radius 3 is 2.94 bits per heavy atom. The summed E-state index contributed by atoms with van der Waals surface area (Å²) in [4.78, 5) is 14.7. The number of H-pyrrole nitrogens is 1. The molecule has 96 valence electrons. The van der Waals surface area contributed by atoms with Crippen LogP contribution in [0.3, 0.4) is 0 Å². The maximum Gasteiger partial charge on any atom is 0.326 e. The first-order chi connectivity index (χ1) is 8.75. The van der Waals surface area contributed by atoms with Crippen molar-refractivity contribution in [1.29, 1.82) is 0 Å². The highest BCUT2D eigenvalue weighted by Crippen LogP contribution is 2.24. The first-order valence-electron chi connectivity index (χ1n) is 6.24. The standard InChI is InChI=1S/C13H16N2O3/c16-11-3-1-2-10-12(11)15(13(17)14-10)8-9-4-6-18-7-5-9/h1-3,9,16H,4-8H2,(H,14,17). The number of rotatable bonds is 2. The van der Waals surface area contributed by atoms with E-state index < -0.39 is 0 Å². The van der Waals surface area contributed by atoms with Crippen LogP contribution in [0, 0.1) is 5.92 Å². The highest BCUT2D eigenvalue weighted by atomic mass is 16.5. The number of nitrogens with zero attached hydrogens (tertiary/aromatic N) is 1. The fraction of sp³-hybridized carbons (Fsp3) is 0.462. The van der Waals surface area contributed by atoms with Crippen LogP contribution in [0.25, 0.3) is 11.0 Å². The summed E-state index contributed by atoms with van der Waals surface area (Å²) < 4.78 is 6.96. The molecule has 0 bridgehead atoms. The Morgan fingerprint density at radius 1 is 1.39 bits per heavy atom. The average Bonchev–Trinajstić information content (AvgIpc) is 2.69. The largest absolute Gasteiger partial charge is 0.506 e. The lowest BCUT2D eigenvalue weighted by Crippen LogP contribution is -2.25. The number of phenols is 1. The van der Waals surface area contributed by atoms with E-state index in [1.54, 1.807) is 22.8 Å². The van der Waals surface area contributed by atoms with Gasteiger partial charge in [-0.2, -0.15) is 0 Å². The van der Waals surface area contributed by atoms with Crippen molar-refractivity contribution in [1.82, 2.24) is 9.55 Å². The number of ether oxygens (including phenoxy) is 1. The van der Waals surface area contributed by atoms with E-state index in [1.165, 1.54) is 0 Å². The molecule has 0 atom stereocenters. The lowest BCUT2D eigenvalue weighted by molar-refractivity contribution is 0.0613. The number of benzene rings is 1. The van der Waals surface area contributed by atoms with Gasteiger partial charge in [-0.1, -0.05) is 6.07 Å². The van der Waals surface area contributed by atoms with Crippen LogP contribution in [0.15, 0.2) is 23.0 Å². The van der Waals surface area contributed by atoms with Gasteiger partial charge in [0.15, 0.2) is 0 Å². The van der Waals surface area contributed by atoms with Crippen LogP contribution in [-0.4, -0.2) is 27.9 Å². The molecule has 2 N–H and O–H groups in total. The molecule has 0 aliphatic carbocycles. The summed E-state index contributed by atoms with van der Waals surface area (Å²) in [6, 6.07) is 5.14. The van der Waals surface area contributed by atoms with Gasteiger partial charge >= 0.3 is 5.69 Å². The third kappa shape index (κ3) is 1.90. The number of phenolic OH excluding ortho intramolecular Hbond substituents is 1. The summed E-state index contributed by atoms with van der Waals surface area (Å²) in [7, 11) is 0. The van der Waals surface area contributed by atoms with Gasteiger partial charge in [-0.3, -0.25) is 4.57 Å². The van der Waals surface area contributed by atoms with E-state index in [0.29, 0.717) is 23.5 Å². The van der Waals surface area contributed by atoms with Crippen molar-refractivity contribution in [3.63, 3.8) is 0 Å². The van der Waals surface area contributed by atoms with Crippen LogP contribution in [-0.2, 0) is 11.3 Å². The van der Waals surface area contributed by atoms with Crippen LogP contribution in [0.2, 0.25) is 0 Å². The summed E-state index contributed by atoms with van der Waals surface area (Å²) in [5, 5.41) is 9.89. The van der Waals surface area contributed by atoms with E-state index in [-0.39, 0.29) is 11.4 Å². The summed E-state index contributed by atoms with van der Waals surface area (Å²) in [5.41, 5.74) is 1.14. The molecular formula is C13H16N2O3. The van der Waals surface area contributed by atoms with Crippen LogP contribution < -0.4 is 5.69 Å². The van der Waals surface area contributed by atoms with E-state index >= 15 is 0 Å². The predicted octanol–water partition coefficient (Wildman–Crippen LogP) is 1.46. The quantitative estimate of drug-likeness (QED) is 0.845. The Labute approximate surface area is 104 Å². The van der Waals surface area contributed by atoms with Gasteiger partial charge in [0.05, 0.1) is 5.52 Å². The second-order valence-corrected chi connectivity index (χ2v) is 4.77. The molecule has 0 amide bonds. The van der Waals surface area contributed by atoms with Crippen LogP contribution in [0.1, 0.15) is 12.8 Å². The first kappa shape index (κ1) is 11.3. The van der Waals surface area contributed by atoms with Gasteiger partial charge in [0.25, 0.3) is 0 Å². The summed E-state index contributed by atoms with van der Waals surface area (Å²) in [6.07, 6.45) is 1.93. The molecule has 0 unspecified atom stereocenters. The van der Waals surface area contributed by atoms with Crippen molar-refractivity contribution in [3.05, 3.63) is 28.7 Å². The van der Waals surface area contributed by atoms with Gasteiger partial charge in [-0.15, -0.1) is 0 Å². The SMILES string of the molecule is O=c1[nH]c2cccc(O)c2n1CC1CCOCC1. The molecule has 1 fully saturated rings. The highest BCUT2D eigenvalue weighted by molar-refractivity contribution is 5.81. The minimum atomic E-state index is -0.155. The Morgan fingerprint density at radius 2 is 2.17 bits per heavy atom.